The number of aliphatic carboxylic acids is 2. The lowest BCUT2D eigenvalue weighted by molar-refractivity contribution is -0.165. The van der Waals surface area contributed by atoms with Crippen molar-refractivity contribution in [2.45, 2.75) is 79.8 Å². The van der Waals surface area contributed by atoms with E-state index in [4.69, 9.17) is 4.74 Å². The molecule has 0 saturated heterocycles. The third-order valence-electron chi connectivity index (χ3n) is 7.44. The van der Waals surface area contributed by atoms with Gasteiger partial charge in [-0.2, -0.15) is 12.6 Å². The summed E-state index contributed by atoms with van der Waals surface area (Å²) in [6.45, 7) is 10.4. The fraction of sp³-hybridized carbons (Fsp3) is 0.690. The largest absolute Gasteiger partial charge is 0.481 e. The van der Waals surface area contributed by atoms with E-state index in [1.807, 2.05) is 27.7 Å². The van der Waals surface area contributed by atoms with Gasteiger partial charge in [-0.25, -0.2) is 0 Å². The molecule has 41 heavy (non-hydrogen) atoms. The number of aliphatic hydroxyl groups excluding tert-OH is 1. The molecule has 0 spiro atoms. The maximum atomic E-state index is 13.1. The van der Waals surface area contributed by atoms with Gasteiger partial charge in [-0.3, -0.25) is 24.0 Å². The van der Waals surface area contributed by atoms with Gasteiger partial charge in [0.05, 0.1) is 17.3 Å². The Morgan fingerprint density at radius 3 is 2.02 bits per heavy atom. The van der Waals surface area contributed by atoms with E-state index in [0.717, 1.165) is 0 Å². The maximum absolute atomic E-state index is 13.1. The van der Waals surface area contributed by atoms with Crippen molar-refractivity contribution in [3.63, 3.8) is 0 Å². The van der Waals surface area contributed by atoms with E-state index in [1.54, 1.807) is 26.0 Å². The molecule has 234 valence electrons. The van der Waals surface area contributed by atoms with E-state index in [0.29, 0.717) is 6.42 Å². The topological polar surface area (TPSA) is 171 Å². The van der Waals surface area contributed by atoms with Crippen LogP contribution in [0.25, 0.3) is 0 Å². The summed E-state index contributed by atoms with van der Waals surface area (Å²) in [5, 5.41) is 33.5. The number of ether oxygens (including phenoxy) is 1. The first-order valence-electron chi connectivity index (χ1n) is 13.8. The smallest absolute Gasteiger partial charge is 0.312 e. The number of nitrogens with zero attached hydrogens (tertiary/aromatic N) is 1. The Bertz CT molecular complexity index is 945. The van der Waals surface area contributed by atoms with Gasteiger partial charge in [0, 0.05) is 32.5 Å². The van der Waals surface area contributed by atoms with Crippen LogP contribution in [0.3, 0.4) is 0 Å². The molecule has 0 aromatic carbocycles. The lowest BCUT2D eigenvalue weighted by Gasteiger charge is -2.39. The lowest BCUT2D eigenvalue weighted by atomic mass is 9.66. The van der Waals surface area contributed by atoms with Crippen molar-refractivity contribution in [2.24, 2.45) is 22.7 Å². The zero-order valence-corrected chi connectivity index (χ0v) is 26.0. The van der Waals surface area contributed by atoms with Crippen molar-refractivity contribution in [1.82, 2.24) is 10.2 Å². The number of rotatable bonds is 19. The number of carboxylic acid groups (broad SMARTS) is 2. The summed E-state index contributed by atoms with van der Waals surface area (Å²) < 4.78 is 5.41. The first kappa shape index (κ1) is 38.1. The molecule has 0 rings (SSSR count). The van der Waals surface area contributed by atoms with Gasteiger partial charge in [0.15, 0.2) is 0 Å². The maximum Gasteiger partial charge on any atom is 0.312 e. The van der Waals surface area contributed by atoms with Gasteiger partial charge < -0.3 is 30.3 Å². The average molecular weight is 601 g/mol. The molecular weight excluding hydrogens is 552 g/mol. The summed E-state index contributed by atoms with van der Waals surface area (Å²) in [4.78, 5) is 62.6. The van der Waals surface area contributed by atoms with Gasteiger partial charge >= 0.3 is 17.9 Å². The zero-order chi connectivity index (χ0) is 31.8. The van der Waals surface area contributed by atoms with Crippen LogP contribution in [0.1, 0.15) is 73.6 Å². The normalized spacial score (nSPS) is 15.6. The van der Waals surface area contributed by atoms with Crippen LogP contribution in [0.15, 0.2) is 23.6 Å². The van der Waals surface area contributed by atoms with E-state index in [9.17, 15) is 39.3 Å². The van der Waals surface area contributed by atoms with E-state index in [-0.39, 0.29) is 51.9 Å². The highest BCUT2D eigenvalue weighted by Crippen LogP contribution is 2.42. The van der Waals surface area contributed by atoms with Crippen molar-refractivity contribution >= 4 is 42.4 Å². The van der Waals surface area contributed by atoms with E-state index < -0.39 is 58.5 Å². The number of hydrogen-bond donors (Lipinski definition) is 5. The molecule has 0 aliphatic rings. The molecule has 0 aliphatic carbocycles. The van der Waals surface area contributed by atoms with Crippen LogP contribution in [0.5, 0.6) is 0 Å². The van der Waals surface area contributed by atoms with Crippen LogP contribution < -0.4 is 5.32 Å². The average Bonchev–Trinajstić information content (AvgIpc) is 2.89. The molecule has 0 saturated carbocycles. The highest BCUT2D eigenvalue weighted by molar-refractivity contribution is 7.83. The minimum Gasteiger partial charge on any atom is -0.481 e. The number of carbonyl (C=O) groups excluding carboxylic acids is 3. The monoisotopic (exact) mass is 600 g/mol. The van der Waals surface area contributed by atoms with Crippen molar-refractivity contribution in [2.75, 3.05) is 26.2 Å². The number of nitrogens with one attached hydrogen (secondary N) is 1. The van der Waals surface area contributed by atoms with Gasteiger partial charge in [-0.15, -0.1) is 0 Å². The number of carbonyl (C=O) groups is 5. The summed E-state index contributed by atoms with van der Waals surface area (Å²) in [6, 6.07) is 0. The Balaban J connectivity index is 5.49. The third kappa shape index (κ3) is 13.6. The lowest BCUT2D eigenvalue weighted by Crippen LogP contribution is -2.46. The zero-order valence-electron chi connectivity index (χ0n) is 25.1. The van der Waals surface area contributed by atoms with E-state index >= 15 is 0 Å². The second-order valence-corrected chi connectivity index (χ2v) is 11.6. The van der Waals surface area contributed by atoms with Crippen LogP contribution in [-0.2, 0) is 28.7 Å². The first-order chi connectivity index (χ1) is 19.0. The van der Waals surface area contributed by atoms with Crippen LogP contribution in [-0.4, -0.2) is 82.3 Å². The van der Waals surface area contributed by atoms with Crippen LogP contribution in [0, 0.1) is 22.7 Å². The predicted molar refractivity (Wildman–Crippen MR) is 158 cm³/mol. The van der Waals surface area contributed by atoms with Crippen LogP contribution >= 0.6 is 12.6 Å². The number of thiol groups is 1. The molecule has 0 heterocycles. The van der Waals surface area contributed by atoms with Crippen LogP contribution in [0.2, 0.25) is 0 Å². The summed E-state index contributed by atoms with van der Waals surface area (Å²) in [6.07, 6.45) is 3.76. The second kappa shape index (κ2) is 18.5. The van der Waals surface area contributed by atoms with Gasteiger partial charge in [0.25, 0.3) is 0 Å². The van der Waals surface area contributed by atoms with Gasteiger partial charge in [-0.05, 0) is 43.9 Å². The van der Waals surface area contributed by atoms with E-state index in [1.165, 1.54) is 16.4 Å². The number of hydrogen-bond acceptors (Lipinski definition) is 8. The Morgan fingerprint density at radius 1 is 0.976 bits per heavy atom. The molecule has 0 aliphatic heterocycles. The summed E-state index contributed by atoms with van der Waals surface area (Å²) in [5.41, 5.74) is -1.20. The Hall–Kier alpha value is -2.86. The fourth-order valence-electron chi connectivity index (χ4n) is 3.97. The number of esters is 1. The molecule has 0 aromatic heterocycles. The van der Waals surface area contributed by atoms with Gasteiger partial charge in [0.2, 0.25) is 11.8 Å². The predicted octanol–water partition coefficient (Wildman–Crippen LogP) is 3.28. The van der Waals surface area contributed by atoms with Crippen molar-refractivity contribution in [3.8, 4) is 0 Å². The molecule has 2 amide bonds. The van der Waals surface area contributed by atoms with Crippen molar-refractivity contribution in [3.05, 3.63) is 23.6 Å². The molecule has 11 nitrogen and oxygen atoms in total. The molecule has 0 bridgehead atoms. The minimum atomic E-state index is -1.27. The van der Waals surface area contributed by atoms with Crippen LogP contribution in [0.4, 0.5) is 0 Å². The Morgan fingerprint density at radius 2 is 1.54 bits per heavy atom. The van der Waals surface area contributed by atoms with E-state index in [2.05, 4.69) is 17.9 Å². The SMILES string of the molecule is C/C=C/CC(CC(=O)NCCN(CC(O)COC(=O)C(C)(CC)C(C)(C)C)C(=O)CC(C/C=C/S)C(=O)O)C(=O)O. The number of aliphatic hydroxyl groups is 1. The summed E-state index contributed by atoms with van der Waals surface area (Å²) in [5.74, 6) is -5.78. The second-order valence-electron chi connectivity index (χ2n) is 11.3. The molecular formula is C29H48N2O9S. The number of carboxylic acids is 2. The minimum absolute atomic E-state index is 0.0563. The van der Waals surface area contributed by atoms with Gasteiger partial charge in [0.1, 0.15) is 12.7 Å². The Labute approximate surface area is 248 Å². The first-order valence-corrected chi connectivity index (χ1v) is 14.3. The molecule has 0 fully saturated rings. The number of allylic oxidation sites excluding steroid dienone is 3. The highest BCUT2D eigenvalue weighted by atomic mass is 32.1. The molecule has 0 aromatic rings. The Kier molecular flexibility index (Phi) is 17.3. The molecule has 0 radical (unpaired) electrons. The van der Waals surface area contributed by atoms with Gasteiger partial charge in [-0.1, -0.05) is 45.9 Å². The van der Waals surface area contributed by atoms with Crippen molar-refractivity contribution in [1.29, 1.82) is 0 Å². The molecule has 4 N–H and O–H groups in total. The standard InChI is InChI=1S/C29H48N2O9S/c1-7-9-11-20(25(35)36)16-23(33)30-13-14-31(24(34)17-21(26(37)38)12-10-15-41)18-22(32)19-40-27(39)29(6,8-2)28(3,4)5/h7,9-10,15,20-22,32,41H,8,11-14,16-19H2,1-6H3,(H,30,33)(H,35,36)(H,37,38)/b9-7+,15-10+. The number of amides is 2. The molecule has 4 atom stereocenters. The third-order valence-corrected chi connectivity index (χ3v) is 7.65. The quantitative estimate of drug-likeness (QED) is 0.0848. The fourth-order valence-corrected chi connectivity index (χ4v) is 4.09. The summed E-state index contributed by atoms with van der Waals surface area (Å²) in [7, 11) is 0. The molecule has 12 heteroatoms. The summed E-state index contributed by atoms with van der Waals surface area (Å²) >= 11 is 3.92. The highest BCUT2D eigenvalue weighted by Gasteiger charge is 2.44. The van der Waals surface area contributed by atoms with Crippen molar-refractivity contribution < 1.29 is 44.0 Å². The molecule has 4 unspecified atom stereocenters.